The summed E-state index contributed by atoms with van der Waals surface area (Å²) < 4.78 is 18.5. The summed E-state index contributed by atoms with van der Waals surface area (Å²) in [6.07, 6.45) is 3.69. The quantitative estimate of drug-likeness (QED) is 0.869. The van der Waals surface area contributed by atoms with Gasteiger partial charge in [0, 0.05) is 19.2 Å². The molecule has 2 nitrogen and oxygen atoms in total. The number of hydrogen-bond acceptors (Lipinski definition) is 2. The SMILES string of the molecule is COC1CCC(NC(C)c2cccc(F)c2)C1. The van der Waals surface area contributed by atoms with Crippen molar-refractivity contribution in [1.82, 2.24) is 5.32 Å². The van der Waals surface area contributed by atoms with E-state index in [9.17, 15) is 4.39 Å². The number of ether oxygens (including phenoxy) is 1. The molecule has 0 bridgehead atoms. The molecule has 3 heteroatoms. The molecule has 0 aliphatic heterocycles. The first-order valence-corrected chi connectivity index (χ1v) is 6.23. The Morgan fingerprint density at radius 2 is 2.24 bits per heavy atom. The molecule has 0 radical (unpaired) electrons. The lowest BCUT2D eigenvalue weighted by Gasteiger charge is -2.20. The van der Waals surface area contributed by atoms with E-state index in [1.165, 1.54) is 6.07 Å². The van der Waals surface area contributed by atoms with E-state index in [0.29, 0.717) is 12.1 Å². The van der Waals surface area contributed by atoms with Crippen molar-refractivity contribution in [1.29, 1.82) is 0 Å². The number of methoxy groups -OCH3 is 1. The zero-order valence-corrected chi connectivity index (χ0v) is 10.4. The maximum absolute atomic E-state index is 13.1. The summed E-state index contributed by atoms with van der Waals surface area (Å²) in [6, 6.07) is 7.47. The molecule has 1 aromatic rings. The van der Waals surface area contributed by atoms with E-state index in [1.54, 1.807) is 19.2 Å². The fourth-order valence-electron chi connectivity index (χ4n) is 2.53. The van der Waals surface area contributed by atoms with Crippen LogP contribution in [0.3, 0.4) is 0 Å². The maximum atomic E-state index is 13.1. The van der Waals surface area contributed by atoms with Crippen LogP contribution in [0, 0.1) is 5.82 Å². The Bertz CT molecular complexity index is 369. The van der Waals surface area contributed by atoms with Gasteiger partial charge in [0.2, 0.25) is 0 Å². The molecule has 3 unspecified atom stereocenters. The number of hydrogen-bond donors (Lipinski definition) is 1. The minimum Gasteiger partial charge on any atom is -0.381 e. The lowest BCUT2D eigenvalue weighted by molar-refractivity contribution is 0.106. The van der Waals surface area contributed by atoms with Gasteiger partial charge in [-0.2, -0.15) is 0 Å². The highest BCUT2D eigenvalue weighted by Crippen LogP contribution is 2.24. The van der Waals surface area contributed by atoms with Crippen LogP contribution in [-0.4, -0.2) is 19.3 Å². The lowest BCUT2D eigenvalue weighted by Crippen LogP contribution is -2.30. The average molecular weight is 237 g/mol. The third kappa shape index (κ3) is 3.27. The zero-order chi connectivity index (χ0) is 12.3. The van der Waals surface area contributed by atoms with Crippen LogP contribution < -0.4 is 5.32 Å². The second-order valence-electron chi connectivity index (χ2n) is 4.81. The van der Waals surface area contributed by atoms with Gasteiger partial charge in [0.25, 0.3) is 0 Å². The van der Waals surface area contributed by atoms with Gasteiger partial charge in [-0.1, -0.05) is 12.1 Å². The molecule has 0 heterocycles. The van der Waals surface area contributed by atoms with Crippen molar-refractivity contribution >= 4 is 0 Å². The summed E-state index contributed by atoms with van der Waals surface area (Å²) in [6.45, 7) is 2.08. The maximum Gasteiger partial charge on any atom is 0.123 e. The molecule has 1 N–H and O–H groups in total. The molecule has 0 saturated heterocycles. The first kappa shape index (κ1) is 12.5. The third-order valence-corrected chi connectivity index (χ3v) is 3.55. The predicted octanol–water partition coefficient (Wildman–Crippen LogP) is 3.04. The highest BCUT2D eigenvalue weighted by Gasteiger charge is 2.25. The van der Waals surface area contributed by atoms with Gasteiger partial charge in [0.15, 0.2) is 0 Å². The van der Waals surface area contributed by atoms with E-state index < -0.39 is 0 Å². The van der Waals surface area contributed by atoms with Gasteiger partial charge in [-0.15, -0.1) is 0 Å². The summed E-state index contributed by atoms with van der Waals surface area (Å²) in [5, 5.41) is 3.54. The van der Waals surface area contributed by atoms with E-state index in [0.717, 1.165) is 24.8 Å². The number of rotatable bonds is 4. The molecule has 1 aliphatic carbocycles. The molecule has 3 atom stereocenters. The predicted molar refractivity (Wildman–Crippen MR) is 66.4 cm³/mol. The van der Waals surface area contributed by atoms with Crippen molar-refractivity contribution in [2.24, 2.45) is 0 Å². The largest absolute Gasteiger partial charge is 0.381 e. The normalized spacial score (nSPS) is 26.1. The molecule has 0 amide bonds. The van der Waals surface area contributed by atoms with Crippen LogP contribution in [0.5, 0.6) is 0 Å². The summed E-state index contributed by atoms with van der Waals surface area (Å²) >= 11 is 0. The van der Waals surface area contributed by atoms with Crippen molar-refractivity contribution in [2.45, 2.75) is 44.4 Å². The third-order valence-electron chi connectivity index (χ3n) is 3.55. The number of halogens is 1. The van der Waals surface area contributed by atoms with Crippen LogP contribution in [-0.2, 0) is 4.74 Å². The number of benzene rings is 1. The molecule has 0 spiro atoms. The van der Waals surface area contributed by atoms with Crippen molar-refractivity contribution in [3.8, 4) is 0 Å². The van der Waals surface area contributed by atoms with Gasteiger partial charge in [-0.05, 0) is 43.9 Å². The minimum absolute atomic E-state index is 0.169. The molecular formula is C14H20FNO. The van der Waals surface area contributed by atoms with Crippen LogP contribution in [0.25, 0.3) is 0 Å². The van der Waals surface area contributed by atoms with E-state index >= 15 is 0 Å². The van der Waals surface area contributed by atoms with Crippen molar-refractivity contribution in [2.75, 3.05) is 7.11 Å². The van der Waals surface area contributed by atoms with Gasteiger partial charge in [-0.25, -0.2) is 4.39 Å². The van der Waals surface area contributed by atoms with E-state index in [-0.39, 0.29) is 11.9 Å². The van der Waals surface area contributed by atoms with Gasteiger partial charge in [0.1, 0.15) is 5.82 Å². The van der Waals surface area contributed by atoms with E-state index in [2.05, 4.69) is 12.2 Å². The highest BCUT2D eigenvalue weighted by molar-refractivity contribution is 5.19. The Balaban J connectivity index is 1.91. The molecule has 94 valence electrons. The Hall–Kier alpha value is -0.930. The molecule has 2 rings (SSSR count). The Labute approximate surface area is 102 Å². The minimum atomic E-state index is -0.169. The Morgan fingerprint density at radius 3 is 2.88 bits per heavy atom. The Kier molecular flexibility index (Phi) is 4.13. The standard InChI is InChI=1S/C14H20FNO/c1-10(11-4-3-5-12(15)8-11)16-13-6-7-14(9-13)17-2/h3-5,8,10,13-14,16H,6-7,9H2,1-2H3. The lowest BCUT2D eigenvalue weighted by atomic mass is 10.1. The van der Waals surface area contributed by atoms with Gasteiger partial charge < -0.3 is 10.1 Å². The molecule has 1 aromatic carbocycles. The number of nitrogens with one attached hydrogen (secondary N) is 1. The van der Waals surface area contributed by atoms with E-state index in [4.69, 9.17) is 4.74 Å². The van der Waals surface area contributed by atoms with Crippen LogP contribution in [0.1, 0.15) is 37.8 Å². The van der Waals surface area contributed by atoms with Crippen molar-refractivity contribution < 1.29 is 9.13 Å². The summed E-state index contributed by atoms with van der Waals surface area (Å²) in [5.41, 5.74) is 1.01. The molecular weight excluding hydrogens is 217 g/mol. The Morgan fingerprint density at radius 1 is 1.41 bits per heavy atom. The monoisotopic (exact) mass is 237 g/mol. The molecule has 1 saturated carbocycles. The smallest absolute Gasteiger partial charge is 0.123 e. The topological polar surface area (TPSA) is 21.3 Å². The van der Waals surface area contributed by atoms with Crippen molar-refractivity contribution in [3.05, 3.63) is 35.6 Å². The molecule has 1 aliphatic rings. The fraction of sp³-hybridized carbons (Fsp3) is 0.571. The van der Waals surface area contributed by atoms with Crippen LogP contribution >= 0.6 is 0 Å². The molecule has 1 fully saturated rings. The molecule has 17 heavy (non-hydrogen) atoms. The summed E-state index contributed by atoms with van der Waals surface area (Å²) in [5.74, 6) is -0.169. The van der Waals surface area contributed by atoms with E-state index in [1.807, 2.05) is 6.07 Å². The highest BCUT2D eigenvalue weighted by atomic mass is 19.1. The summed E-state index contributed by atoms with van der Waals surface area (Å²) in [7, 11) is 1.77. The van der Waals surface area contributed by atoms with Gasteiger partial charge in [0.05, 0.1) is 6.10 Å². The second-order valence-corrected chi connectivity index (χ2v) is 4.81. The van der Waals surface area contributed by atoms with Gasteiger partial charge in [-0.3, -0.25) is 0 Å². The average Bonchev–Trinajstić information content (AvgIpc) is 2.77. The van der Waals surface area contributed by atoms with Gasteiger partial charge >= 0.3 is 0 Å². The second kappa shape index (κ2) is 5.61. The summed E-state index contributed by atoms with van der Waals surface area (Å²) in [4.78, 5) is 0. The van der Waals surface area contributed by atoms with Crippen LogP contribution in [0.2, 0.25) is 0 Å². The zero-order valence-electron chi connectivity index (χ0n) is 10.4. The van der Waals surface area contributed by atoms with Crippen LogP contribution in [0.15, 0.2) is 24.3 Å². The first-order valence-electron chi connectivity index (χ1n) is 6.23. The first-order chi connectivity index (χ1) is 8.19. The molecule has 0 aromatic heterocycles. The van der Waals surface area contributed by atoms with Crippen molar-refractivity contribution in [3.63, 3.8) is 0 Å². The fourth-order valence-corrected chi connectivity index (χ4v) is 2.53. The van der Waals surface area contributed by atoms with Crippen LogP contribution in [0.4, 0.5) is 4.39 Å².